The van der Waals surface area contributed by atoms with Crippen LogP contribution in [0.25, 0.3) is 0 Å². The predicted octanol–water partition coefficient (Wildman–Crippen LogP) is 3.53. The number of fused-ring (bicyclic) bond motifs is 5. The van der Waals surface area contributed by atoms with Gasteiger partial charge in [0.05, 0.1) is 10.3 Å². The smallest absolute Gasteiger partial charge is 0.381 e. The van der Waals surface area contributed by atoms with Crippen molar-refractivity contribution in [3.8, 4) is 0 Å². The molecule has 0 radical (unpaired) electrons. The van der Waals surface area contributed by atoms with Crippen LogP contribution < -0.4 is 0 Å². The summed E-state index contributed by atoms with van der Waals surface area (Å²) in [4.78, 5) is 42.2. The second kappa shape index (κ2) is 7.48. The minimum atomic E-state index is -4.87. The molecule has 7 nitrogen and oxygen atoms in total. The summed E-state index contributed by atoms with van der Waals surface area (Å²) in [5.74, 6) is -1.56. The average molecular weight is 507 g/mol. The van der Waals surface area contributed by atoms with Gasteiger partial charge in [0.25, 0.3) is 0 Å². The van der Waals surface area contributed by atoms with Crippen LogP contribution in [0.4, 0.5) is 0 Å². The van der Waals surface area contributed by atoms with Gasteiger partial charge in [-0.15, -0.1) is 23.2 Å². The number of phosphoric acid groups is 1. The number of allylic oxidation sites excluding steroid dienone is 4. The Balaban J connectivity index is 1.74. The third-order valence-corrected chi connectivity index (χ3v) is 11.0. The van der Waals surface area contributed by atoms with Gasteiger partial charge in [-0.25, -0.2) is 4.57 Å². The maximum atomic E-state index is 13.1. The fourth-order valence-corrected chi connectivity index (χ4v) is 8.85. The first-order chi connectivity index (χ1) is 14.6. The van der Waals surface area contributed by atoms with E-state index in [0.29, 0.717) is 19.3 Å². The van der Waals surface area contributed by atoms with Crippen molar-refractivity contribution < 1.29 is 33.6 Å². The molecule has 0 aliphatic heterocycles. The first-order valence-electron chi connectivity index (χ1n) is 10.8. The van der Waals surface area contributed by atoms with Crippen molar-refractivity contribution in [2.75, 3.05) is 6.61 Å². The highest BCUT2D eigenvalue weighted by Crippen LogP contribution is 2.72. The van der Waals surface area contributed by atoms with Crippen LogP contribution in [0, 0.1) is 28.6 Å². The lowest BCUT2D eigenvalue weighted by molar-refractivity contribution is -0.167. The Morgan fingerprint density at radius 3 is 2.59 bits per heavy atom. The zero-order valence-corrected chi connectivity index (χ0v) is 20.7. The molecule has 0 aromatic rings. The molecule has 0 aromatic heterocycles. The van der Waals surface area contributed by atoms with Crippen molar-refractivity contribution in [1.29, 1.82) is 0 Å². The summed E-state index contributed by atoms with van der Waals surface area (Å²) in [6.07, 6.45) is 7.14. The number of phosphoric ester groups is 1. The van der Waals surface area contributed by atoms with E-state index in [0.717, 1.165) is 5.57 Å². The highest BCUT2D eigenvalue weighted by Gasteiger charge is 2.74. The monoisotopic (exact) mass is 506 g/mol. The topological polar surface area (TPSA) is 121 Å². The number of carbonyl (C=O) groups excluding carboxylic acids is 2. The highest BCUT2D eigenvalue weighted by atomic mass is 35.5. The third kappa shape index (κ3) is 3.12. The van der Waals surface area contributed by atoms with Crippen LogP contribution >= 0.6 is 31.0 Å². The molecule has 3 saturated carbocycles. The van der Waals surface area contributed by atoms with Gasteiger partial charge in [0.1, 0.15) is 12.2 Å². The number of alkyl halides is 2. The van der Waals surface area contributed by atoms with E-state index < -0.39 is 52.8 Å². The summed E-state index contributed by atoms with van der Waals surface area (Å²) in [6, 6.07) is 0. The Morgan fingerprint density at radius 2 is 1.97 bits per heavy atom. The molecule has 0 bridgehead atoms. The van der Waals surface area contributed by atoms with E-state index in [-0.39, 0.29) is 24.0 Å². The van der Waals surface area contributed by atoms with E-state index >= 15 is 0 Å². The fourth-order valence-electron chi connectivity index (χ4n) is 7.33. The molecule has 32 heavy (non-hydrogen) atoms. The standard InChI is InChI=1S/C22H29Cl2O7P/c1-12-8-16-15-5-4-13-9-14(25)6-7-19(13,2)21(15,24)17(23)10-20(16,3)22(12,27)18(26)11-31-32(28,29)30/h6-7,9,12,15-17,27H,4-5,8,10-11H2,1-3H3,(H2,28,29,30)/t12-,15+,16+,17+,19+,20+,21+,22-/m1/s1. The normalized spacial score (nSPS) is 48.0. The number of Topliss-reactive ketones (excluding diaryl/α,β-unsaturated/α-hetero) is 1. The number of carbonyl (C=O) groups is 2. The molecule has 8 atom stereocenters. The molecule has 0 saturated heterocycles. The van der Waals surface area contributed by atoms with Crippen LogP contribution in [-0.2, 0) is 18.7 Å². The zero-order chi connectivity index (χ0) is 23.9. The summed E-state index contributed by atoms with van der Waals surface area (Å²) < 4.78 is 15.6. The van der Waals surface area contributed by atoms with Crippen molar-refractivity contribution in [1.82, 2.24) is 0 Å². The molecule has 178 valence electrons. The first-order valence-corrected chi connectivity index (χ1v) is 13.2. The molecule has 3 N–H and O–H groups in total. The minimum Gasteiger partial charge on any atom is -0.381 e. The number of rotatable bonds is 4. The van der Waals surface area contributed by atoms with Gasteiger partial charge in [-0.3, -0.25) is 14.1 Å². The van der Waals surface area contributed by atoms with Gasteiger partial charge < -0.3 is 14.9 Å². The maximum Gasteiger partial charge on any atom is 0.470 e. The second-order valence-corrected chi connectivity index (χ2v) is 12.7. The number of hydrogen-bond acceptors (Lipinski definition) is 5. The predicted molar refractivity (Wildman–Crippen MR) is 119 cm³/mol. The minimum absolute atomic E-state index is 0.0671. The van der Waals surface area contributed by atoms with Gasteiger partial charge >= 0.3 is 7.82 Å². The molecular weight excluding hydrogens is 478 g/mol. The third-order valence-electron chi connectivity index (χ3n) is 8.97. The van der Waals surface area contributed by atoms with Crippen molar-refractivity contribution in [3.05, 3.63) is 23.8 Å². The SMILES string of the molecule is C[C@@H]1C[C@H]2[C@@H]3CCC4=CC(=O)C=C[C@]4(C)[C@@]3(Cl)[C@@H](Cl)C[C@]2(C)[C@]1(O)C(=O)COP(=O)(O)O. The van der Waals surface area contributed by atoms with Crippen molar-refractivity contribution in [3.63, 3.8) is 0 Å². The zero-order valence-electron chi connectivity index (χ0n) is 18.3. The van der Waals surface area contributed by atoms with E-state index in [1.54, 1.807) is 13.0 Å². The van der Waals surface area contributed by atoms with E-state index in [2.05, 4.69) is 4.52 Å². The summed E-state index contributed by atoms with van der Waals surface area (Å²) >= 11 is 14.4. The Morgan fingerprint density at radius 1 is 1.31 bits per heavy atom. The van der Waals surface area contributed by atoms with Gasteiger partial charge in [0, 0.05) is 10.8 Å². The summed E-state index contributed by atoms with van der Waals surface area (Å²) in [6.45, 7) is 4.72. The summed E-state index contributed by atoms with van der Waals surface area (Å²) in [5.41, 5.74) is -2.47. The molecule has 0 spiro atoms. The molecular formula is C22H29Cl2O7P. The lowest BCUT2D eigenvalue weighted by atomic mass is 9.46. The van der Waals surface area contributed by atoms with Gasteiger partial charge in [-0.1, -0.05) is 32.4 Å². The molecule has 3 fully saturated rings. The lowest BCUT2D eigenvalue weighted by Crippen LogP contribution is -2.67. The Hall–Kier alpha value is -0.530. The van der Waals surface area contributed by atoms with Crippen LogP contribution in [0.15, 0.2) is 23.8 Å². The average Bonchev–Trinajstić information content (AvgIpc) is 2.89. The summed E-state index contributed by atoms with van der Waals surface area (Å²) in [7, 11) is -4.87. The van der Waals surface area contributed by atoms with Crippen LogP contribution in [-0.4, -0.2) is 48.9 Å². The van der Waals surface area contributed by atoms with Gasteiger partial charge in [-0.2, -0.15) is 0 Å². The van der Waals surface area contributed by atoms with E-state index in [1.807, 2.05) is 19.9 Å². The van der Waals surface area contributed by atoms with Crippen LogP contribution in [0.1, 0.15) is 46.5 Å². The lowest BCUT2D eigenvalue weighted by Gasteiger charge is -2.63. The Labute approximate surface area is 197 Å². The molecule has 4 aliphatic rings. The molecule has 10 heteroatoms. The van der Waals surface area contributed by atoms with Gasteiger partial charge in [0.2, 0.25) is 0 Å². The number of halogens is 2. The molecule has 4 rings (SSSR count). The fraction of sp³-hybridized carbons (Fsp3) is 0.727. The first kappa shape index (κ1) is 24.6. The van der Waals surface area contributed by atoms with Crippen molar-refractivity contribution in [2.24, 2.45) is 28.6 Å². The van der Waals surface area contributed by atoms with Crippen LogP contribution in [0.3, 0.4) is 0 Å². The maximum absolute atomic E-state index is 13.1. The van der Waals surface area contributed by atoms with Crippen molar-refractivity contribution in [2.45, 2.75) is 62.3 Å². The van der Waals surface area contributed by atoms with E-state index in [9.17, 15) is 19.3 Å². The molecule has 0 amide bonds. The van der Waals surface area contributed by atoms with Crippen LogP contribution in [0.2, 0.25) is 0 Å². The molecule has 4 aliphatic carbocycles. The van der Waals surface area contributed by atoms with E-state index in [1.165, 1.54) is 6.08 Å². The van der Waals surface area contributed by atoms with Gasteiger partial charge in [-0.05, 0) is 55.6 Å². The Kier molecular flexibility index (Phi) is 5.75. The molecule has 0 heterocycles. The number of ketones is 2. The van der Waals surface area contributed by atoms with Gasteiger partial charge in [0.15, 0.2) is 11.6 Å². The number of aliphatic hydroxyl groups is 1. The highest BCUT2D eigenvalue weighted by molar-refractivity contribution is 7.46. The number of hydrogen-bond donors (Lipinski definition) is 3. The van der Waals surface area contributed by atoms with Crippen molar-refractivity contribution >= 4 is 42.6 Å². The summed E-state index contributed by atoms with van der Waals surface area (Å²) in [5, 5.41) is 11.1. The quantitative estimate of drug-likeness (QED) is 0.393. The molecule has 0 aromatic carbocycles. The second-order valence-electron chi connectivity index (χ2n) is 10.3. The van der Waals surface area contributed by atoms with E-state index in [4.69, 9.17) is 33.0 Å². The Bertz CT molecular complexity index is 975. The van der Waals surface area contributed by atoms with Crippen LogP contribution in [0.5, 0.6) is 0 Å². The largest absolute Gasteiger partial charge is 0.470 e. The molecule has 0 unspecified atom stereocenters.